The lowest BCUT2D eigenvalue weighted by Crippen LogP contribution is -2.39. The molecule has 0 amide bonds. The zero-order valence-corrected chi connectivity index (χ0v) is 17.0. The van der Waals surface area contributed by atoms with E-state index in [0.717, 1.165) is 75.7 Å². The van der Waals surface area contributed by atoms with Crippen LogP contribution >= 0.6 is 0 Å². The van der Waals surface area contributed by atoms with Gasteiger partial charge in [0.05, 0.1) is 33.0 Å². The Morgan fingerprint density at radius 3 is 2.82 bits per heavy atom. The van der Waals surface area contributed by atoms with Crippen LogP contribution in [0.3, 0.4) is 0 Å². The molecule has 1 aliphatic carbocycles. The predicted molar refractivity (Wildman–Crippen MR) is 111 cm³/mol. The number of nitrogens with two attached hydrogens (primary N) is 1. The fourth-order valence-electron chi connectivity index (χ4n) is 3.66. The summed E-state index contributed by atoms with van der Waals surface area (Å²) in [5.74, 6) is 2.13. The van der Waals surface area contributed by atoms with Crippen molar-refractivity contribution in [1.82, 2.24) is 10.2 Å². The van der Waals surface area contributed by atoms with E-state index < -0.39 is 0 Å². The van der Waals surface area contributed by atoms with Crippen LogP contribution in [0, 0.1) is 0 Å². The minimum absolute atomic E-state index is 0.297. The van der Waals surface area contributed by atoms with Gasteiger partial charge in [0.2, 0.25) is 0 Å². The van der Waals surface area contributed by atoms with Crippen LogP contribution in [-0.2, 0) is 11.3 Å². The molecule has 3 rings (SSSR count). The Kier molecular flexibility index (Phi) is 8.23. The molecule has 1 aromatic carbocycles. The van der Waals surface area contributed by atoms with Crippen molar-refractivity contribution in [2.75, 3.05) is 46.5 Å². The van der Waals surface area contributed by atoms with E-state index in [1.165, 1.54) is 12.8 Å². The van der Waals surface area contributed by atoms with Gasteiger partial charge in [0.15, 0.2) is 5.96 Å². The first kappa shape index (κ1) is 20.7. The molecule has 1 aromatic rings. The summed E-state index contributed by atoms with van der Waals surface area (Å²) < 4.78 is 16.9. The summed E-state index contributed by atoms with van der Waals surface area (Å²) in [6.45, 7) is 6.08. The van der Waals surface area contributed by atoms with Crippen molar-refractivity contribution in [1.29, 1.82) is 0 Å². The van der Waals surface area contributed by atoms with Gasteiger partial charge < -0.3 is 25.3 Å². The largest absolute Gasteiger partial charge is 0.497 e. The Hall–Kier alpha value is -1.99. The molecule has 1 heterocycles. The molecule has 2 aliphatic rings. The zero-order chi connectivity index (χ0) is 19.6. The monoisotopic (exact) mass is 390 g/mol. The van der Waals surface area contributed by atoms with Crippen LogP contribution in [0.5, 0.6) is 11.5 Å². The van der Waals surface area contributed by atoms with E-state index in [9.17, 15) is 0 Å². The fraction of sp³-hybridized carbons (Fsp3) is 0.667. The van der Waals surface area contributed by atoms with E-state index in [1.807, 2.05) is 18.2 Å². The standard InChI is InChI=1S/C21H34N4O3/c1-26-19-8-7-17(20(15-19)28-18-5-2-3-6-18)16-24-21(22)23-9-4-10-25-11-13-27-14-12-25/h7-8,15,18H,2-6,9-14,16H2,1H3,(H3,22,23,24). The van der Waals surface area contributed by atoms with Gasteiger partial charge in [-0.15, -0.1) is 0 Å². The highest BCUT2D eigenvalue weighted by Gasteiger charge is 2.18. The molecule has 1 aliphatic heterocycles. The summed E-state index contributed by atoms with van der Waals surface area (Å²) in [7, 11) is 1.67. The topological polar surface area (TPSA) is 81.3 Å². The smallest absolute Gasteiger partial charge is 0.188 e. The number of hydrogen-bond acceptors (Lipinski definition) is 5. The third-order valence-corrected chi connectivity index (χ3v) is 5.35. The third-order valence-electron chi connectivity index (χ3n) is 5.35. The number of benzene rings is 1. The van der Waals surface area contributed by atoms with Crippen molar-refractivity contribution in [2.45, 2.75) is 44.8 Å². The van der Waals surface area contributed by atoms with Crippen LogP contribution in [0.2, 0.25) is 0 Å². The average molecular weight is 391 g/mol. The molecule has 0 aromatic heterocycles. The van der Waals surface area contributed by atoms with Gasteiger partial charge in [-0.2, -0.15) is 0 Å². The molecule has 2 fully saturated rings. The second kappa shape index (κ2) is 11.1. The molecule has 7 heteroatoms. The SMILES string of the molecule is COc1ccc(CN=C(N)NCCCN2CCOCC2)c(OC2CCCC2)c1. The third kappa shape index (κ3) is 6.56. The molecule has 0 bridgehead atoms. The summed E-state index contributed by atoms with van der Waals surface area (Å²) in [5.41, 5.74) is 7.08. The van der Waals surface area contributed by atoms with E-state index in [-0.39, 0.29) is 0 Å². The van der Waals surface area contributed by atoms with Crippen LogP contribution in [0.4, 0.5) is 0 Å². The Bertz CT molecular complexity index is 626. The summed E-state index contributed by atoms with van der Waals surface area (Å²) in [5, 5.41) is 3.21. The van der Waals surface area contributed by atoms with Crippen LogP contribution in [-0.4, -0.2) is 63.5 Å². The van der Waals surface area contributed by atoms with Crippen molar-refractivity contribution in [3.63, 3.8) is 0 Å². The highest BCUT2D eigenvalue weighted by Crippen LogP contribution is 2.30. The molecule has 0 unspecified atom stereocenters. The second-order valence-electron chi connectivity index (χ2n) is 7.43. The Morgan fingerprint density at radius 1 is 1.29 bits per heavy atom. The fourth-order valence-corrected chi connectivity index (χ4v) is 3.66. The summed E-state index contributed by atoms with van der Waals surface area (Å²) in [6, 6.07) is 5.91. The lowest BCUT2D eigenvalue weighted by atomic mass is 10.2. The highest BCUT2D eigenvalue weighted by molar-refractivity contribution is 5.77. The number of guanidine groups is 1. The molecule has 0 spiro atoms. The van der Waals surface area contributed by atoms with Crippen molar-refractivity contribution >= 4 is 5.96 Å². The van der Waals surface area contributed by atoms with Gasteiger partial charge in [-0.1, -0.05) is 0 Å². The lowest BCUT2D eigenvalue weighted by Gasteiger charge is -2.26. The number of nitrogens with zero attached hydrogens (tertiary/aromatic N) is 2. The van der Waals surface area contributed by atoms with Gasteiger partial charge >= 0.3 is 0 Å². The molecule has 1 saturated heterocycles. The van der Waals surface area contributed by atoms with Crippen LogP contribution in [0.25, 0.3) is 0 Å². The average Bonchev–Trinajstić information content (AvgIpc) is 3.24. The molecular formula is C21H34N4O3. The number of methoxy groups -OCH3 is 1. The Balaban J connectivity index is 1.47. The van der Waals surface area contributed by atoms with Gasteiger partial charge in [-0.25, -0.2) is 4.99 Å². The molecule has 156 valence electrons. The quantitative estimate of drug-likeness (QED) is 0.382. The van der Waals surface area contributed by atoms with Crippen molar-refractivity contribution in [2.24, 2.45) is 10.7 Å². The van der Waals surface area contributed by atoms with Crippen LogP contribution < -0.4 is 20.5 Å². The number of hydrogen-bond donors (Lipinski definition) is 2. The van der Waals surface area contributed by atoms with Gasteiger partial charge in [-0.3, -0.25) is 4.90 Å². The van der Waals surface area contributed by atoms with E-state index in [1.54, 1.807) is 7.11 Å². The highest BCUT2D eigenvalue weighted by atomic mass is 16.5. The van der Waals surface area contributed by atoms with Gasteiger partial charge in [0.25, 0.3) is 0 Å². The minimum Gasteiger partial charge on any atom is -0.497 e. The number of rotatable bonds is 9. The number of aliphatic imine (C=N–C) groups is 1. The van der Waals surface area contributed by atoms with Crippen LogP contribution in [0.15, 0.2) is 23.2 Å². The minimum atomic E-state index is 0.297. The first-order chi connectivity index (χ1) is 13.7. The Morgan fingerprint density at radius 2 is 2.07 bits per heavy atom. The van der Waals surface area contributed by atoms with Crippen molar-refractivity contribution in [3.8, 4) is 11.5 Å². The summed E-state index contributed by atoms with van der Waals surface area (Å²) >= 11 is 0. The maximum Gasteiger partial charge on any atom is 0.188 e. The Labute approximate surface area is 168 Å². The maximum atomic E-state index is 6.22. The maximum absolute atomic E-state index is 6.22. The van der Waals surface area contributed by atoms with E-state index in [0.29, 0.717) is 18.6 Å². The normalized spacial score (nSPS) is 19.0. The first-order valence-corrected chi connectivity index (χ1v) is 10.4. The molecular weight excluding hydrogens is 356 g/mol. The summed E-state index contributed by atoms with van der Waals surface area (Å²) in [4.78, 5) is 6.92. The van der Waals surface area contributed by atoms with Crippen molar-refractivity contribution in [3.05, 3.63) is 23.8 Å². The predicted octanol–water partition coefficient (Wildman–Crippen LogP) is 2.14. The molecule has 0 atom stereocenters. The van der Waals surface area contributed by atoms with Gasteiger partial charge in [-0.05, 0) is 50.8 Å². The molecule has 0 radical (unpaired) electrons. The van der Waals surface area contributed by atoms with E-state index >= 15 is 0 Å². The second-order valence-corrected chi connectivity index (χ2v) is 7.43. The molecule has 28 heavy (non-hydrogen) atoms. The lowest BCUT2D eigenvalue weighted by molar-refractivity contribution is 0.0376. The summed E-state index contributed by atoms with van der Waals surface area (Å²) in [6.07, 6.45) is 6.05. The number of morpholine rings is 1. The van der Waals surface area contributed by atoms with Crippen molar-refractivity contribution < 1.29 is 14.2 Å². The van der Waals surface area contributed by atoms with Crippen LogP contribution in [0.1, 0.15) is 37.7 Å². The molecule has 1 saturated carbocycles. The van der Waals surface area contributed by atoms with E-state index in [4.69, 9.17) is 19.9 Å². The number of nitrogens with one attached hydrogen (secondary N) is 1. The van der Waals surface area contributed by atoms with E-state index in [2.05, 4.69) is 15.2 Å². The zero-order valence-electron chi connectivity index (χ0n) is 17.0. The first-order valence-electron chi connectivity index (χ1n) is 10.4. The number of ether oxygens (including phenoxy) is 3. The van der Waals surface area contributed by atoms with Gasteiger partial charge in [0, 0.05) is 31.3 Å². The van der Waals surface area contributed by atoms with Gasteiger partial charge in [0.1, 0.15) is 11.5 Å². The molecule has 3 N–H and O–H groups in total. The molecule has 7 nitrogen and oxygen atoms in total.